The fourth-order valence-corrected chi connectivity index (χ4v) is 4.37. The number of nitrogens with zero attached hydrogens (tertiary/aromatic N) is 3. The van der Waals surface area contributed by atoms with Gasteiger partial charge in [-0.3, -0.25) is 14.4 Å². The number of likely N-dealkylation sites (tertiary alicyclic amines) is 1. The number of hydrogen-bond acceptors (Lipinski definition) is 5. The number of rotatable bonds is 7. The zero-order valence-electron chi connectivity index (χ0n) is 17.9. The Hall–Kier alpha value is -2.82. The van der Waals surface area contributed by atoms with Crippen LogP contribution in [0.4, 0.5) is 14.5 Å². The Morgan fingerprint density at radius 2 is 2.12 bits per heavy atom. The highest BCUT2D eigenvalue weighted by Crippen LogP contribution is 2.37. The van der Waals surface area contributed by atoms with Gasteiger partial charge in [-0.25, -0.2) is 8.78 Å². The van der Waals surface area contributed by atoms with Crippen molar-refractivity contribution in [3.05, 3.63) is 64.3 Å². The summed E-state index contributed by atoms with van der Waals surface area (Å²) < 4.78 is 35.6. The lowest BCUT2D eigenvalue weighted by Crippen LogP contribution is -2.27. The van der Waals surface area contributed by atoms with Crippen LogP contribution in [0.2, 0.25) is 0 Å². The monoisotopic (exact) mass is 520 g/mol. The van der Waals surface area contributed by atoms with Crippen LogP contribution in [-0.4, -0.2) is 58.0 Å². The predicted molar refractivity (Wildman–Crippen MR) is 123 cm³/mol. The predicted octanol–water partition coefficient (Wildman–Crippen LogP) is 3.83. The first kappa shape index (κ1) is 23.3. The van der Waals surface area contributed by atoms with Gasteiger partial charge in [0.05, 0.1) is 28.0 Å². The van der Waals surface area contributed by atoms with Gasteiger partial charge in [0.15, 0.2) is 0 Å². The van der Waals surface area contributed by atoms with E-state index < -0.39 is 17.5 Å². The molecule has 1 aliphatic heterocycles. The lowest BCUT2D eigenvalue weighted by Gasteiger charge is -2.18. The van der Waals surface area contributed by atoms with Crippen LogP contribution in [0.25, 0.3) is 11.3 Å². The number of aryl methyl sites for hydroxylation is 1. The molecule has 0 aliphatic carbocycles. The van der Waals surface area contributed by atoms with Crippen molar-refractivity contribution in [3.8, 4) is 17.0 Å². The second-order valence-corrected chi connectivity index (χ2v) is 8.70. The zero-order valence-corrected chi connectivity index (χ0v) is 19.5. The van der Waals surface area contributed by atoms with E-state index in [1.807, 2.05) is 0 Å². The first-order valence-electron chi connectivity index (χ1n) is 10.4. The van der Waals surface area contributed by atoms with Gasteiger partial charge in [0.1, 0.15) is 24.0 Å². The highest BCUT2D eigenvalue weighted by molar-refractivity contribution is 9.10. The number of hydrogen-bond donors (Lipinski definition) is 2. The SMILES string of the molecule is Cn1ncc(Br)c1-c1cc(NC(=O)c2ccc(F)cc2F)ccc1OCCN1CC[C@H](O)C1. The summed E-state index contributed by atoms with van der Waals surface area (Å²) in [5.41, 5.74) is 1.58. The van der Waals surface area contributed by atoms with Gasteiger partial charge >= 0.3 is 0 Å². The number of β-amino-alcohol motifs (C(OH)–C–C–N with tert-alkyl or cyclic N) is 1. The van der Waals surface area contributed by atoms with E-state index >= 15 is 0 Å². The van der Waals surface area contributed by atoms with Gasteiger partial charge < -0.3 is 15.2 Å². The van der Waals surface area contributed by atoms with Gasteiger partial charge in [0, 0.05) is 44.0 Å². The molecule has 7 nitrogen and oxygen atoms in total. The van der Waals surface area contributed by atoms with Gasteiger partial charge in [-0.05, 0) is 52.7 Å². The number of ether oxygens (including phenoxy) is 1. The number of carbonyl (C=O) groups is 1. The number of halogens is 3. The molecule has 1 saturated heterocycles. The van der Waals surface area contributed by atoms with Crippen LogP contribution in [0.15, 0.2) is 47.1 Å². The van der Waals surface area contributed by atoms with Crippen molar-refractivity contribution >= 4 is 27.5 Å². The summed E-state index contributed by atoms with van der Waals surface area (Å²) >= 11 is 3.50. The van der Waals surface area contributed by atoms with Crippen LogP contribution < -0.4 is 10.1 Å². The number of benzene rings is 2. The largest absolute Gasteiger partial charge is 0.492 e. The molecule has 2 heterocycles. The van der Waals surface area contributed by atoms with Gasteiger partial charge in [-0.1, -0.05) is 0 Å². The van der Waals surface area contributed by atoms with Crippen LogP contribution in [-0.2, 0) is 7.05 Å². The summed E-state index contributed by atoms with van der Waals surface area (Å²) in [6, 6.07) is 7.91. The van der Waals surface area contributed by atoms with E-state index in [2.05, 4.69) is 31.2 Å². The van der Waals surface area contributed by atoms with E-state index in [9.17, 15) is 18.7 Å². The van der Waals surface area contributed by atoms with Gasteiger partial charge in [0.2, 0.25) is 0 Å². The van der Waals surface area contributed by atoms with E-state index in [0.717, 1.165) is 35.3 Å². The van der Waals surface area contributed by atoms with Crippen molar-refractivity contribution in [1.82, 2.24) is 14.7 Å². The third kappa shape index (κ3) is 5.40. The van der Waals surface area contributed by atoms with E-state index in [4.69, 9.17) is 4.74 Å². The molecule has 4 rings (SSSR count). The van der Waals surface area contributed by atoms with Crippen molar-refractivity contribution in [1.29, 1.82) is 0 Å². The molecule has 174 valence electrons. The molecule has 2 aromatic carbocycles. The molecular formula is C23H23BrF2N4O3. The van der Waals surface area contributed by atoms with Gasteiger partial charge in [-0.15, -0.1) is 0 Å². The molecule has 1 amide bonds. The Balaban J connectivity index is 1.56. The normalized spacial score (nSPS) is 16.2. The number of anilines is 1. The minimum absolute atomic E-state index is 0.257. The maximum absolute atomic E-state index is 14.0. The molecule has 1 aliphatic rings. The molecule has 0 saturated carbocycles. The topological polar surface area (TPSA) is 79.6 Å². The van der Waals surface area contributed by atoms with E-state index in [1.165, 1.54) is 0 Å². The Kier molecular flexibility index (Phi) is 7.06. The van der Waals surface area contributed by atoms with Crippen molar-refractivity contribution in [3.63, 3.8) is 0 Å². The first-order valence-corrected chi connectivity index (χ1v) is 11.2. The molecule has 3 aromatic rings. The minimum Gasteiger partial charge on any atom is -0.492 e. The minimum atomic E-state index is -0.936. The lowest BCUT2D eigenvalue weighted by atomic mass is 10.1. The number of nitrogens with one attached hydrogen (secondary N) is 1. The van der Waals surface area contributed by atoms with Crippen molar-refractivity contribution < 1.29 is 23.4 Å². The van der Waals surface area contributed by atoms with E-state index in [1.54, 1.807) is 36.1 Å². The zero-order chi connectivity index (χ0) is 23.5. The molecule has 10 heteroatoms. The third-order valence-electron chi connectivity index (χ3n) is 5.48. The van der Waals surface area contributed by atoms with Crippen LogP contribution in [0, 0.1) is 11.6 Å². The molecular weight excluding hydrogens is 498 g/mol. The fraction of sp³-hybridized carbons (Fsp3) is 0.304. The Morgan fingerprint density at radius 1 is 1.30 bits per heavy atom. The highest BCUT2D eigenvalue weighted by atomic mass is 79.9. The second-order valence-electron chi connectivity index (χ2n) is 7.85. The maximum atomic E-state index is 14.0. The molecule has 1 fully saturated rings. The van der Waals surface area contributed by atoms with Crippen LogP contribution in [0.1, 0.15) is 16.8 Å². The number of aliphatic hydroxyl groups excluding tert-OH is 1. The van der Waals surface area contributed by atoms with E-state index in [-0.39, 0.29) is 11.7 Å². The molecule has 0 spiro atoms. The molecule has 0 radical (unpaired) electrons. The van der Waals surface area contributed by atoms with Gasteiger partial charge in [-0.2, -0.15) is 5.10 Å². The fourth-order valence-electron chi connectivity index (χ4n) is 3.80. The molecule has 1 atom stereocenters. The van der Waals surface area contributed by atoms with E-state index in [0.29, 0.717) is 42.8 Å². The van der Waals surface area contributed by atoms with Crippen molar-refractivity contribution in [2.45, 2.75) is 12.5 Å². The van der Waals surface area contributed by atoms with Crippen LogP contribution in [0.3, 0.4) is 0 Å². The number of carbonyl (C=O) groups excluding carboxylic acids is 1. The van der Waals surface area contributed by atoms with Crippen molar-refractivity contribution in [2.75, 3.05) is 31.6 Å². The average molecular weight is 521 g/mol. The third-order valence-corrected chi connectivity index (χ3v) is 6.06. The smallest absolute Gasteiger partial charge is 0.258 e. The molecule has 0 unspecified atom stereocenters. The summed E-state index contributed by atoms with van der Waals surface area (Å²) in [5, 5.41) is 16.6. The molecule has 1 aromatic heterocycles. The first-order chi connectivity index (χ1) is 15.8. The summed E-state index contributed by atoms with van der Waals surface area (Å²) in [7, 11) is 1.79. The molecule has 0 bridgehead atoms. The Bertz CT molecular complexity index is 1150. The quantitative estimate of drug-likeness (QED) is 0.495. The van der Waals surface area contributed by atoms with Crippen molar-refractivity contribution in [2.24, 2.45) is 7.05 Å². The standard InChI is InChI=1S/C23H23BrF2N4O3/c1-29-22(19(24)12-27-29)18-11-15(28-23(32)17-4-2-14(25)10-20(17)26)3-5-21(18)33-9-8-30-7-6-16(31)13-30/h2-5,10-12,16,31H,6-9,13H2,1H3,(H,28,32)/t16-/m0/s1. The highest BCUT2D eigenvalue weighted by Gasteiger charge is 2.21. The number of aliphatic hydroxyl groups is 1. The summed E-state index contributed by atoms with van der Waals surface area (Å²) in [4.78, 5) is 14.7. The van der Waals surface area contributed by atoms with Crippen LogP contribution in [0.5, 0.6) is 5.75 Å². The second kappa shape index (κ2) is 9.98. The summed E-state index contributed by atoms with van der Waals surface area (Å²) in [6.07, 6.45) is 2.12. The van der Waals surface area contributed by atoms with Gasteiger partial charge in [0.25, 0.3) is 5.91 Å². The Labute approximate surface area is 198 Å². The summed E-state index contributed by atoms with van der Waals surface area (Å²) in [6.45, 7) is 2.55. The lowest BCUT2D eigenvalue weighted by molar-refractivity contribution is 0.102. The summed E-state index contributed by atoms with van der Waals surface area (Å²) in [5.74, 6) is -1.79. The average Bonchev–Trinajstić information content (AvgIpc) is 3.33. The maximum Gasteiger partial charge on any atom is 0.258 e. The Morgan fingerprint density at radius 3 is 2.79 bits per heavy atom. The van der Waals surface area contributed by atoms with Crippen LogP contribution >= 0.6 is 15.9 Å². The number of aromatic nitrogens is 2. The number of amides is 1. The molecule has 2 N–H and O–H groups in total. The molecule has 33 heavy (non-hydrogen) atoms.